The highest BCUT2D eigenvalue weighted by Gasteiger charge is 2.25. The molecule has 0 bridgehead atoms. The number of ketones is 1. The van der Waals surface area contributed by atoms with Crippen LogP contribution in [0.2, 0.25) is 0 Å². The SMILES string of the molecule is CN[C@@H](C)C(=O)NC1=NC=C(c2cnccc2OC)N(Cc2cncc(C(=O)c3ccc(F)cc3)c2)O1. The van der Waals surface area contributed by atoms with Gasteiger partial charge >= 0.3 is 6.02 Å². The van der Waals surface area contributed by atoms with Crippen molar-refractivity contribution in [1.29, 1.82) is 0 Å². The largest absolute Gasteiger partial charge is 0.496 e. The molecule has 1 aliphatic heterocycles. The Bertz CT molecular complexity index is 1360. The van der Waals surface area contributed by atoms with Gasteiger partial charge in [0, 0.05) is 35.9 Å². The van der Waals surface area contributed by atoms with Crippen LogP contribution in [-0.2, 0) is 16.2 Å². The van der Waals surface area contributed by atoms with Crippen LogP contribution >= 0.6 is 0 Å². The molecule has 190 valence electrons. The summed E-state index contributed by atoms with van der Waals surface area (Å²) in [6, 6.07) is 8.19. The molecule has 0 spiro atoms. The van der Waals surface area contributed by atoms with E-state index in [4.69, 9.17) is 9.57 Å². The highest BCUT2D eigenvalue weighted by atomic mass is 19.1. The number of aromatic nitrogens is 2. The van der Waals surface area contributed by atoms with E-state index >= 15 is 0 Å². The van der Waals surface area contributed by atoms with Crippen LogP contribution in [0.3, 0.4) is 0 Å². The molecular weight excluding hydrogens is 479 g/mol. The smallest absolute Gasteiger partial charge is 0.323 e. The van der Waals surface area contributed by atoms with E-state index in [1.807, 2.05) is 0 Å². The van der Waals surface area contributed by atoms with Gasteiger partial charge in [0.25, 0.3) is 0 Å². The second-order valence-electron chi connectivity index (χ2n) is 8.07. The maximum atomic E-state index is 13.3. The minimum absolute atomic E-state index is 0.0230. The predicted octanol–water partition coefficient (Wildman–Crippen LogP) is 2.68. The van der Waals surface area contributed by atoms with Crippen LogP contribution in [0.5, 0.6) is 5.75 Å². The highest BCUT2D eigenvalue weighted by molar-refractivity contribution is 6.08. The topological polar surface area (TPSA) is 118 Å². The predicted molar refractivity (Wildman–Crippen MR) is 134 cm³/mol. The van der Waals surface area contributed by atoms with Gasteiger partial charge in [-0.15, -0.1) is 0 Å². The Morgan fingerprint density at radius 2 is 1.89 bits per heavy atom. The lowest BCUT2D eigenvalue weighted by Gasteiger charge is -2.30. The molecule has 3 aromatic rings. The van der Waals surface area contributed by atoms with Gasteiger partial charge in [-0.2, -0.15) is 5.06 Å². The Hall–Kier alpha value is -4.64. The van der Waals surface area contributed by atoms with Crippen LogP contribution in [0.25, 0.3) is 5.70 Å². The molecule has 0 saturated heterocycles. The molecule has 3 heterocycles. The Labute approximate surface area is 212 Å². The number of hydrogen-bond donors (Lipinski definition) is 2. The Balaban J connectivity index is 1.63. The summed E-state index contributed by atoms with van der Waals surface area (Å²) in [6.45, 7) is 1.84. The molecule has 0 saturated carbocycles. The van der Waals surface area contributed by atoms with E-state index in [9.17, 15) is 14.0 Å². The number of carbonyl (C=O) groups excluding carboxylic acids is 2. The molecule has 1 aromatic carbocycles. The number of hydrogen-bond acceptors (Lipinski definition) is 9. The monoisotopic (exact) mass is 504 g/mol. The molecule has 0 unspecified atom stereocenters. The third-order valence-electron chi connectivity index (χ3n) is 5.59. The summed E-state index contributed by atoms with van der Waals surface area (Å²) in [7, 11) is 3.20. The van der Waals surface area contributed by atoms with Gasteiger partial charge in [0.1, 0.15) is 17.3 Å². The number of methoxy groups -OCH3 is 1. The molecule has 4 rings (SSSR count). The number of nitrogens with zero attached hydrogens (tertiary/aromatic N) is 4. The van der Waals surface area contributed by atoms with Crippen LogP contribution < -0.4 is 15.4 Å². The second-order valence-corrected chi connectivity index (χ2v) is 8.07. The average molecular weight is 505 g/mol. The molecule has 1 atom stereocenters. The first kappa shape index (κ1) is 25.5. The van der Waals surface area contributed by atoms with Gasteiger partial charge in [-0.3, -0.25) is 24.9 Å². The zero-order valence-corrected chi connectivity index (χ0v) is 20.4. The van der Waals surface area contributed by atoms with Crippen molar-refractivity contribution >= 4 is 23.4 Å². The van der Waals surface area contributed by atoms with Gasteiger partial charge in [-0.1, -0.05) is 0 Å². The fourth-order valence-corrected chi connectivity index (χ4v) is 3.47. The van der Waals surface area contributed by atoms with Crippen LogP contribution in [0.1, 0.15) is 34.0 Å². The number of carbonyl (C=O) groups is 2. The summed E-state index contributed by atoms with van der Waals surface area (Å²) in [6.07, 6.45) is 7.77. The van der Waals surface area contributed by atoms with Gasteiger partial charge in [0.15, 0.2) is 5.78 Å². The van der Waals surface area contributed by atoms with Crippen molar-refractivity contribution < 1.29 is 23.6 Å². The van der Waals surface area contributed by atoms with Crippen molar-refractivity contribution in [3.8, 4) is 5.75 Å². The number of nitrogens with one attached hydrogen (secondary N) is 2. The molecule has 0 aliphatic carbocycles. The van der Waals surface area contributed by atoms with Gasteiger partial charge in [-0.25, -0.2) is 9.38 Å². The van der Waals surface area contributed by atoms with Crippen molar-refractivity contribution in [3.05, 3.63) is 95.5 Å². The highest BCUT2D eigenvalue weighted by Crippen LogP contribution is 2.31. The molecule has 1 amide bonds. The van der Waals surface area contributed by atoms with E-state index in [1.54, 1.807) is 44.7 Å². The molecule has 10 nitrogen and oxygen atoms in total. The maximum Gasteiger partial charge on any atom is 0.323 e. The summed E-state index contributed by atoms with van der Waals surface area (Å²) in [4.78, 5) is 43.9. The quantitative estimate of drug-likeness (QED) is 0.450. The number of halogens is 1. The second kappa shape index (κ2) is 11.4. The normalized spacial score (nSPS) is 13.7. The maximum absolute atomic E-state index is 13.3. The van der Waals surface area contributed by atoms with E-state index < -0.39 is 11.9 Å². The Morgan fingerprint density at radius 1 is 1.11 bits per heavy atom. The van der Waals surface area contributed by atoms with Crippen molar-refractivity contribution in [2.24, 2.45) is 4.99 Å². The zero-order valence-electron chi connectivity index (χ0n) is 20.4. The number of rotatable bonds is 8. The molecule has 37 heavy (non-hydrogen) atoms. The minimum Gasteiger partial charge on any atom is -0.496 e. The minimum atomic E-state index is -0.470. The van der Waals surface area contributed by atoms with Crippen molar-refractivity contribution in [1.82, 2.24) is 25.7 Å². The summed E-state index contributed by atoms with van der Waals surface area (Å²) in [5.41, 5.74) is 2.42. The number of likely N-dealkylation sites (N-methyl/N-ethyl adjacent to an activating group) is 1. The first-order valence-electron chi connectivity index (χ1n) is 11.3. The van der Waals surface area contributed by atoms with Crippen molar-refractivity contribution in [2.75, 3.05) is 14.2 Å². The lowest BCUT2D eigenvalue weighted by atomic mass is 10.0. The van der Waals surface area contributed by atoms with Gasteiger partial charge < -0.3 is 14.9 Å². The molecular formula is C26H25FN6O4. The standard InChI is InChI=1S/C26H25FN6O4/c1-16(28-2)25(35)32-26-31-14-22(21-13-29-9-8-23(21)36-3)33(37-26)15-17-10-19(12-30-11-17)24(34)18-4-6-20(27)7-5-18/h4-14,16,28H,15H2,1-3H3,(H,31,32,35)/t16-/m0/s1. The van der Waals surface area contributed by atoms with Crippen molar-refractivity contribution in [2.45, 2.75) is 19.5 Å². The van der Waals surface area contributed by atoms with Crippen LogP contribution in [0.4, 0.5) is 4.39 Å². The number of aliphatic imine (C=N–C) groups is 1. The molecule has 0 fully saturated rings. The van der Waals surface area contributed by atoms with Gasteiger partial charge in [0.05, 0.1) is 31.5 Å². The van der Waals surface area contributed by atoms with E-state index in [0.717, 1.165) is 0 Å². The Morgan fingerprint density at radius 3 is 2.62 bits per heavy atom. The van der Waals surface area contributed by atoms with Gasteiger partial charge in [-0.05, 0) is 55.9 Å². The summed E-state index contributed by atoms with van der Waals surface area (Å²) in [5, 5.41) is 6.98. The fraction of sp³-hybridized carbons (Fsp3) is 0.192. The number of hydroxylamine groups is 2. The Kier molecular flexibility index (Phi) is 7.84. The first-order chi connectivity index (χ1) is 17.9. The van der Waals surface area contributed by atoms with E-state index in [-0.39, 0.29) is 24.3 Å². The van der Waals surface area contributed by atoms with Crippen molar-refractivity contribution in [3.63, 3.8) is 0 Å². The molecule has 11 heteroatoms. The van der Waals surface area contributed by atoms with E-state index in [2.05, 4.69) is 25.6 Å². The number of amidine groups is 1. The number of amides is 1. The van der Waals surface area contributed by atoms with Crippen LogP contribution in [0.15, 0.2) is 72.4 Å². The summed E-state index contributed by atoms with van der Waals surface area (Å²) < 4.78 is 18.8. The van der Waals surface area contributed by atoms with Crippen LogP contribution in [-0.4, -0.2) is 52.9 Å². The third kappa shape index (κ3) is 5.96. The number of benzene rings is 1. The third-order valence-corrected chi connectivity index (χ3v) is 5.59. The fourth-order valence-electron chi connectivity index (χ4n) is 3.47. The van der Waals surface area contributed by atoms with Gasteiger partial charge in [0.2, 0.25) is 5.91 Å². The molecule has 0 radical (unpaired) electrons. The lowest BCUT2D eigenvalue weighted by molar-refractivity contribution is -0.122. The lowest BCUT2D eigenvalue weighted by Crippen LogP contribution is -2.46. The number of ether oxygens (including phenoxy) is 1. The summed E-state index contributed by atoms with van der Waals surface area (Å²) in [5.74, 6) is -0.510. The average Bonchev–Trinajstić information content (AvgIpc) is 2.93. The molecule has 2 aromatic heterocycles. The first-order valence-corrected chi connectivity index (χ1v) is 11.3. The van der Waals surface area contributed by atoms with E-state index in [0.29, 0.717) is 33.7 Å². The zero-order chi connectivity index (χ0) is 26.4. The number of pyridine rings is 2. The van der Waals surface area contributed by atoms with E-state index in [1.165, 1.54) is 48.8 Å². The van der Waals surface area contributed by atoms with Crippen LogP contribution in [0, 0.1) is 5.82 Å². The summed E-state index contributed by atoms with van der Waals surface area (Å²) >= 11 is 0. The molecule has 1 aliphatic rings. The molecule has 2 N–H and O–H groups in total.